The standard InChI is InChI=1S/C6H6O5S/c7-4-1-2-6(5(8)3-4)12(9,10)11/h1-3,7-8H,(H,9,10,11). The van der Waals surface area contributed by atoms with Gasteiger partial charge in [-0.15, -0.1) is 0 Å². The molecule has 0 aliphatic heterocycles. The van der Waals surface area contributed by atoms with Gasteiger partial charge in [-0.25, -0.2) is 0 Å². The van der Waals surface area contributed by atoms with Gasteiger partial charge < -0.3 is 10.2 Å². The minimum Gasteiger partial charge on any atom is -0.508 e. The molecule has 3 N–H and O–H groups in total. The molecule has 0 unspecified atom stereocenters. The summed E-state index contributed by atoms with van der Waals surface area (Å²) < 4.78 is 29.4. The Bertz CT molecular complexity index is 394. The van der Waals surface area contributed by atoms with Crippen LogP contribution in [0.4, 0.5) is 0 Å². The van der Waals surface area contributed by atoms with E-state index in [2.05, 4.69) is 0 Å². The monoisotopic (exact) mass is 190 g/mol. The first-order chi connectivity index (χ1) is 5.41. The molecular weight excluding hydrogens is 184 g/mol. The summed E-state index contributed by atoms with van der Waals surface area (Å²) in [5, 5.41) is 17.7. The summed E-state index contributed by atoms with van der Waals surface area (Å²) in [5.74, 6) is -0.961. The maximum atomic E-state index is 10.5. The van der Waals surface area contributed by atoms with Crippen molar-refractivity contribution in [1.82, 2.24) is 0 Å². The molecule has 1 aromatic carbocycles. The highest BCUT2D eigenvalue weighted by molar-refractivity contribution is 7.86. The van der Waals surface area contributed by atoms with Gasteiger partial charge in [0.05, 0.1) is 0 Å². The zero-order chi connectivity index (χ0) is 9.35. The van der Waals surface area contributed by atoms with Crippen LogP contribution >= 0.6 is 0 Å². The van der Waals surface area contributed by atoms with Gasteiger partial charge in [0.2, 0.25) is 0 Å². The molecule has 0 aliphatic carbocycles. The van der Waals surface area contributed by atoms with E-state index in [-0.39, 0.29) is 5.75 Å². The van der Waals surface area contributed by atoms with Gasteiger partial charge in [0.25, 0.3) is 10.1 Å². The Kier molecular flexibility index (Phi) is 1.95. The summed E-state index contributed by atoms with van der Waals surface area (Å²) in [5.41, 5.74) is 0. The van der Waals surface area contributed by atoms with Crippen LogP contribution in [0, 0.1) is 0 Å². The molecule has 66 valence electrons. The van der Waals surface area contributed by atoms with Gasteiger partial charge >= 0.3 is 0 Å². The average Bonchev–Trinajstić information content (AvgIpc) is 1.83. The second-order valence-corrected chi connectivity index (χ2v) is 3.52. The van der Waals surface area contributed by atoms with E-state index in [1.807, 2.05) is 0 Å². The van der Waals surface area contributed by atoms with Gasteiger partial charge in [-0.2, -0.15) is 8.42 Å². The van der Waals surface area contributed by atoms with Crippen molar-refractivity contribution in [3.63, 3.8) is 0 Å². The molecule has 0 aliphatic rings. The number of aromatic hydroxyl groups is 2. The topological polar surface area (TPSA) is 94.8 Å². The van der Waals surface area contributed by atoms with Crippen molar-refractivity contribution in [3.8, 4) is 11.5 Å². The Morgan fingerprint density at radius 2 is 1.75 bits per heavy atom. The number of rotatable bonds is 1. The molecule has 12 heavy (non-hydrogen) atoms. The van der Waals surface area contributed by atoms with Crippen LogP contribution in [0.5, 0.6) is 11.5 Å². The molecule has 0 fully saturated rings. The average molecular weight is 190 g/mol. The molecule has 0 amide bonds. The molecule has 1 rings (SSSR count). The van der Waals surface area contributed by atoms with E-state index < -0.39 is 20.8 Å². The lowest BCUT2D eigenvalue weighted by Crippen LogP contribution is -1.97. The number of benzene rings is 1. The maximum absolute atomic E-state index is 10.5. The van der Waals surface area contributed by atoms with E-state index in [4.69, 9.17) is 14.8 Å². The van der Waals surface area contributed by atoms with Crippen molar-refractivity contribution in [3.05, 3.63) is 18.2 Å². The van der Waals surface area contributed by atoms with Crippen LogP contribution in [-0.4, -0.2) is 23.2 Å². The SMILES string of the molecule is O=S(=O)(O)c1ccc(O)cc1O. The van der Waals surface area contributed by atoms with E-state index in [9.17, 15) is 8.42 Å². The smallest absolute Gasteiger partial charge is 0.298 e. The highest BCUT2D eigenvalue weighted by Gasteiger charge is 2.14. The highest BCUT2D eigenvalue weighted by atomic mass is 32.2. The molecule has 0 spiro atoms. The largest absolute Gasteiger partial charge is 0.508 e. The molecule has 0 bridgehead atoms. The number of phenolic OH excluding ortho intramolecular Hbond substituents is 2. The zero-order valence-corrected chi connectivity index (χ0v) is 6.61. The maximum Gasteiger partial charge on any atom is 0.298 e. The molecule has 0 radical (unpaired) electrons. The predicted molar refractivity (Wildman–Crippen MR) is 39.6 cm³/mol. The van der Waals surface area contributed by atoms with Crippen molar-refractivity contribution in [2.45, 2.75) is 4.90 Å². The molecule has 0 saturated carbocycles. The second kappa shape index (κ2) is 2.65. The normalized spacial score (nSPS) is 11.4. The van der Waals surface area contributed by atoms with Crippen molar-refractivity contribution < 1.29 is 23.2 Å². The second-order valence-electron chi connectivity index (χ2n) is 2.13. The fourth-order valence-electron chi connectivity index (χ4n) is 0.724. The third-order valence-corrected chi connectivity index (χ3v) is 2.12. The van der Waals surface area contributed by atoms with Crippen LogP contribution < -0.4 is 0 Å². The van der Waals surface area contributed by atoms with E-state index in [1.165, 1.54) is 0 Å². The van der Waals surface area contributed by atoms with Crippen LogP contribution in [-0.2, 0) is 10.1 Å². The fourth-order valence-corrected chi connectivity index (χ4v) is 1.29. The van der Waals surface area contributed by atoms with Crippen molar-refractivity contribution >= 4 is 10.1 Å². The summed E-state index contributed by atoms with van der Waals surface area (Å²) in [7, 11) is -4.41. The van der Waals surface area contributed by atoms with Gasteiger partial charge in [0.15, 0.2) is 0 Å². The van der Waals surface area contributed by atoms with Crippen molar-refractivity contribution in [2.75, 3.05) is 0 Å². The van der Waals surface area contributed by atoms with Crippen molar-refractivity contribution in [1.29, 1.82) is 0 Å². The first kappa shape index (κ1) is 8.82. The lowest BCUT2D eigenvalue weighted by Gasteiger charge is -1.99. The molecule has 0 atom stereocenters. The van der Waals surface area contributed by atoms with Crippen LogP contribution in [0.1, 0.15) is 0 Å². The number of hydrogen-bond donors (Lipinski definition) is 3. The van der Waals surface area contributed by atoms with Crippen LogP contribution in [0.25, 0.3) is 0 Å². The van der Waals surface area contributed by atoms with Gasteiger partial charge in [0, 0.05) is 6.07 Å². The zero-order valence-electron chi connectivity index (χ0n) is 5.80. The summed E-state index contributed by atoms with van der Waals surface area (Å²) in [6, 6.07) is 2.77. The third-order valence-electron chi connectivity index (χ3n) is 1.22. The van der Waals surface area contributed by atoms with E-state index in [1.54, 1.807) is 0 Å². The van der Waals surface area contributed by atoms with Crippen molar-refractivity contribution in [2.24, 2.45) is 0 Å². The molecule has 6 heteroatoms. The molecule has 0 heterocycles. The summed E-state index contributed by atoms with van der Waals surface area (Å²) in [6.07, 6.45) is 0. The first-order valence-electron chi connectivity index (χ1n) is 2.91. The molecule has 1 aromatic rings. The van der Waals surface area contributed by atoms with E-state index in [0.717, 1.165) is 18.2 Å². The fraction of sp³-hybridized carbons (Fsp3) is 0. The van der Waals surface area contributed by atoms with Crippen LogP contribution in [0.3, 0.4) is 0 Å². The summed E-state index contributed by atoms with van der Waals surface area (Å²) in [4.78, 5) is -0.625. The predicted octanol–water partition coefficient (Wildman–Crippen LogP) is 0.345. The van der Waals surface area contributed by atoms with Gasteiger partial charge in [0.1, 0.15) is 16.4 Å². The Morgan fingerprint density at radius 3 is 2.17 bits per heavy atom. The molecular formula is C6H6O5S. The highest BCUT2D eigenvalue weighted by Crippen LogP contribution is 2.25. The Balaban J connectivity index is 3.39. The number of phenols is 2. The lowest BCUT2D eigenvalue weighted by molar-refractivity contribution is 0.431. The quantitative estimate of drug-likeness (QED) is 0.555. The Morgan fingerprint density at radius 1 is 1.17 bits per heavy atom. The van der Waals surface area contributed by atoms with Gasteiger partial charge in [-0.1, -0.05) is 0 Å². The Hall–Kier alpha value is -1.27. The first-order valence-corrected chi connectivity index (χ1v) is 4.35. The minimum atomic E-state index is -4.41. The Labute approximate surface area is 68.6 Å². The van der Waals surface area contributed by atoms with Crippen LogP contribution in [0.15, 0.2) is 23.1 Å². The van der Waals surface area contributed by atoms with Gasteiger partial charge in [-0.3, -0.25) is 4.55 Å². The lowest BCUT2D eigenvalue weighted by atomic mass is 10.3. The summed E-state index contributed by atoms with van der Waals surface area (Å²) in [6.45, 7) is 0. The van der Waals surface area contributed by atoms with E-state index >= 15 is 0 Å². The van der Waals surface area contributed by atoms with Crippen LogP contribution in [0.2, 0.25) is 0 Å². The van der Waals surface area contributed by atoms with Gasteiger partial charge in [-0.05, 0) is 12.1 Å². The summed E-state index contributed by atoms with van der Waals surface area (Å²) >= 11 is 0. The molecule has 0 saturated heterocycles. The van der Waals surface area contributed by atoms with E-state index in [0.29, 0.717) is 0 Å². The minimum absolute atomic E-state index is 0.278. The third kappa shape index (κ3) is 1.66. The molecule has 5 nitrogen and oxygen atoms in total. The molecule has 0 aromatic heterocycles. The number of hydrogen-bond acceptors (Lipinski definition) is 4.